The lowest BCUT2D eigenvalue weighted by atomic mass is 10.1. The monoisotopic (exact) mass is 245 g/mol. The van der Waals surface area contributed by atoms with Gasteiger partial charge in [0, 0.05) is 30.3 Å². The van der Waals surface area contributed by atoms with Crippen LogP contribution in [0, 0.1) is 6.92 Å². The molecule has 4 heteroatoms. The lowest BCUT2D eigenvalue weighted by Gasteiger charge is -2.04. The van der Waals surface area contributed by atoms with Crippen molar-refractivity contribution in [2.75, 3.05) is 0 Å². The Morgan fingerprint density at radius 3 is 2.53 bits per heavy atom. The average molecular weight is 245 g/mol. The molecule has 0 atom stereocenters. The van der Waals surface area contributed by atoms with Gasteiger partial charge in [-0.1, -0.05) is 36.0 Å². The van der Waals surface area contributed by atoms with Crippen molar-refractivity contribution in [2.24, 2.45) is 5.73 Å². The lowest BCUT2D eigenvalue weighted by molar-refractivity contribution is 0.913. The van der Waals surface area contributed by atoms with Gasteiger partial charge in [0.25, 0.3) is 0 Å². The molecule has 1 heterocycles. The summed E-state index contributed by atoms with van der Waals surface area (Å²) >= 11 is 1.64. The maximum absolute atomic E-state index is 5.50. The van der Waals surface area contributed by atoms with Gasteiger partial charge < -0.3 is 5.73 Å². The predicted molar refractivity (Wildman–Crippen MR) is 70.7 cm³/mol. The maximum atomic E-state index is 5.50. The molecular formula is C13H15N3S. The largest absolute Gasteiger partial charge is 0.326 e. The van der Waals surface area contributed by atoms with Gasteiger partial charge in [0.05, 0.1) is 0 Å². The second-order valence-electron chi connectivity index (χ2n) is 3.79. The highest BCUT2D eigenvalue weighted by Crippen LogP contribution is 2.20. The Bertz CT molecular complexity index is 482. The van der Waals surface area contributed by atoms with Crippen molar-refractivity contribution in [2.45, 2.75) is 24.4 Å². The molecule has 0 aliphatic heterocycles. The summed E-state index contributed by atoms with van der Waals surface area (Å²) < 4.78 is 0. The van der Waals surface area contributed by atoms with Gasteiger partial charge in [-0.2, -0.15) is 0 Å². The fourth-order valence-electron chi connectivity index (χ4n) is 1.44. The van der Waals surface area contributed by atoms with Gasteiger partial charge >= 0.3 is 0 Å². The summed E-state index contributed by atoms with van der Waals surface area (Å²) in [6.45, 7) is 2.61. The van der Waals surface area contributed by atoms with E-state index in [1.807, 2.05) is 0 Å². The first-order chi connectivity index (χ1) is 8.29. The van der Waals surface area contributed by atoms with Crippen molar-refractivity contribution in [3.63, 3.8) is 0 Å². The number of nitrogens with zero attached hydrogens (tertiary/aromatic N) is 2. The van der Waals surface area contributed by atoms with Gasteiger partial charge in [0.2, 0.25) is 0 Å². The van der Waals surface area contributed by atoms with Crippen LogP contribution in [-0.4, -0.2) is 9.97 Å². The third kappa shape index (κ3) is 3.28. The fourth-order valence-corrected chi connectivity index (χ4v) is 2.30. The van der Waals surface area contributed by atoms with Crippen molar-refractivity contribution in [1.82, 2.24) is 9.97 Å². The van der Waals surface area contributed by atoms with Gasteiger partial charge in [-0.15, -0.1) is 0 Å². The topological polar surface area (TPSA) is 51.8 Å². The van der Waals surface area contributed by atoms with Crippen LogP contribution in [0.2, 0.25) is 0 Å². The fraction of sp³-hybridized carbons (Fsp3) is 0.231. The van der Waals surface area contributed by atoms with Crippen molar-refractivity contribution in [3.05, 3.63) is 53.3 Å². The number of hydrogen-bond acceptors (Lipinski definition) is 4. The number of rotatable bonds is 4. The first kappa shape index (κ1) is 12.1. The molecule has 0 bridgehead atoms. The van der Waals surface area contributed by atoms with E-state index in [4.69, 9.17) is 5.73 Å². The van der Waals surface area contributed by atoms with Gasteiger partial charge in [-0.25, -0.2) is 9.97 Å². The first-order valence-electron chi connectivity index (χ1n) is 5.48. The van der Waals surface area contributed by atoms with E-state index in [1.54, 1.807) is 24.2 Å². The van der Waals surface area contributed by atoms with Crippen LogP contribution in [0.3, 0.4) is 0 Å². The number of thioether (sulfide) groups is 1. The minimum atomic E-state index is 0.489. The molecule has 2 rings (SSSR count). The van der Waals surface area contributed by atoms with E-state index >= 15 is 0 Å². The summed E-state index contributed by atoms with van der Waals surface area (Å²) in [5.74, 6) is 0.897. The highest BCUT2D eigenvalue weighted by molar-refractivity contribution is 7.98. The molecule has 3 nitrogen and oxygen atoms in total. The molecule has 17 heavy (non-hydrogen) atoms. The summed E-state index contributed by atoms with van der Waals surface area (Å²) in [5.41, 5.74) is 9.09. The molecule has 0 aliphatic rings. The molecule has 0 saturated carbocycles. The Hall–Kier alpha value is -1.39. The molecule has 2 N–H and O–H groups in total. The average Bonchev–Trinajstić information content (AvgIpc) is 2.38. The molecule has 0 spiro atoms. The Morgan fingerprint density at radius 1 is 1.18 bits per heavy atom. The molecule has 0 fully saturated rings. The molecular weight excluding hydrogens is 230 g/mol. The van der Waals surface area contributed by atoms with Crippen LogP contribution in [0.5, 0.6) is 0 Å². The van der Waals surface area contributed by atoms with Gasteiger partial charge in [0.1, 0.15) is 0 Å². The molecule has 0 radical (unpaired) electrons. The van der Waals surface area contributed by atoms with E-state index in [1.165, 1.54) is 11.1 Å². The number of benzene rings is 1. The van der Waals surface area contributed by atoms with Crippen LogP contribution in [0.15, 0.2) is 41.8 Å². The molecule has 0 aliphatic carbocycles. The van der Waals surface area contributed by atoms with Crippen molar-refractivity contribution in [1.29, 1.82) is 0 Å². The third-order valence-corrected chi connectivity index (χ3v) is 3.46. The highest BCUT2D eigenvalue weighted by atomic mass is 32.2. The first-order valence-corrected chi connectivity index (χ1v) is 6.46. The van der Waals surface area contributed by atoms with Gasteiger partial charge in [-0.05, 0) is 18.1 Å². The smallest absolute Gasteiger partial charge is 0.187 e. The summed E-state index contributed by atoms with van der Waals surface area (Å²) in [5, 5.41) is 0.797. The molecule has 1 aromatic carbocycles. The molecule has 88 valence electrons. The number of hydrogen-bond donors (Lipinski definition) is 1. The zero-order valence-corrected chi connectivity index (χ0v) is 10.6. The Balaban J connectivity index is 2.00. The molecule has 2 aromatic rings. The normalized spacial score (nSPS) is 10.5. The van der Waals surface area contributed by atoms with Gasteiger partial charge in [-0.3, -0.25) is 0 Å². The SMILES string of the molecule is Cc1ccccc1CSc1ncc(CN)cn1. The second-order valence-corrected chi connectivity index (χ2v) is 4.74. The van der Waals surface area contributed by atoms with Crippen LogP contribution >= 0.6 is 11.8 Å². The molecule has 1 aromatic heterocycles. The van der Waals surface area contributed by atoms with E-state index in [2.05, 4.69) is 41.2 Å². The number of aryl methyl sites for hydroxylation is 1. The highest BCUT2D eigenvalue weighted by Gasteiger charge is 2.01. The minimum absolute atomic E-state index is 0.489. The second kappa shape index (κ2) is 5.80. The maximum Gasteiger partial charge on any atom is 0.187 e. The van der Waals surface area contributed by atoms with E-state index in [-0.39, 0.29) is 0 Å². The summed E-state index contributed by atoms with van der Waals surface area (Å²) in [4.78, 5) is 8.53. The summed E-state index contributed by atoms with van der Waals surface area (Å²) in [7, 11) is 0. The van der Waals surface area contributed by atoms with Crippen LogP contribution in [-0.2, 0) is 12.3 Å². The third-order valence-electron chi connectivity index (χ3n) is 2.54. The standard InChI is InChI=1S/C13H15N3S/c1-10-4-2-3-5-12(10)9-17-13-15-7-11(6-14)8-16-13/h2-5,7-8H,6,9,14H2,1H3. The summed E-state index contributed by atoms with van der Waals surface area (Å²) in [6.07, 6.45) is 3.57. The Kier molecular flexibility index (Phi) is 4.12. The van der Waals surface area contributed by atoms with Crippen LogP contribution in [0.25, 0.3) is 0 Å². The van der Waals surface area contributed by atoms with Crippen molar-refractivity contribution in [3.8, 4) is 0 Å². The molecule has 0 amide bonds. The zero-order valence-electron chi connectivity index (χ0n) is 9.76. The predicted octanol–water partition coefficient (Wildman–Crippen LogP) is 2.54. The Morgan fingerprint density at radius 2 is 1.88 bits per heavy atom. The number of nitrogens with two attached hydrogens (primary N) is 1. The van der Waals surface area contributed by atoms with E-state index < -0.39 is 0 Å². The zero-order chi connectivity index (χ0) is 12.1. The van der Waals surface area contributed by atoms with Crippen LogP contribution in [0.4, 0.5) is 0 Å². The minimum Gasteiger partial charge on any atom is -0.326 e. The quantitative estimate of drug-likeness (QED) is 0.664. The number of aromatic nitrogens is 2. The molecule has 0 unspecified atom stereocenters. The molecule has 0 saturated heterocycles. The lowest BCUT2D eigenvalue weighted by Crippen LogP contribution is -1.98. The Labute approximate surface area is 105 Å². The van der Waals surface area contributed by atoms with Crippen molar-refractivity contribution < 1.29 is 0 Å². The van der Waals surface area contributed by atoms with Crippen molar-refractivity contribution >= 4 is 11.8 Å². The van der Waals surface area contributed by atoms with Crippen LogP contribution < -0.4 is 5.73 Å². The summed E-state index contributed by atoms with van der Waals surface area (Å²) in [6, 6.07) is 8.36. The van der Waals surface area contributed by atoms with E-state index in [0.29, 0.717) is 6.54 Å². The van der Waals surface area contributed by atoms with Gasteiger partial charge in [0.15, 0.2) is 5.16 Å². The van der Waals surface area contributed by atoms with E-state index in [9.17, 15) is 0 Å². The van der Waals surface area contributed by atoms with Crippen LogP contribution in [0.1, 0.15) is 16.7 Å². The van der Waals surface area contributed by atoms with E-state index in [0.717, 1.165) is 16.5 Å².